The minimum absolute atomic E-state index is 0.178. The molecule has 1 heterocycles. The highest BCUT2D eigenvalue weighted by Crippen LogP contribution is 2.47. The first kappa shape index (κ1) is 12.8. The van der Waals surface area contributed by atoms with E-state index in [-0.39, 0.29) is 5.54 Å². The lowest BCUT2D eigenvalue weighted by Gasteiger charge is -2.40. The van der Waals surface area contributed by atoms with Crippen molar-refractivity contribution >= 4 is 0 Å². The van der Waals surface area contributed by atoms with Crippen LogP contribution in [0.5, 0.6) is 11.5 Å². The van der Waals surface area contributed by atoms with Crippen LogP contribution in [0.25, 0.3) is 0 Å². The molecule has 1 aromatic rings. The fourth-order valence-corrected chi connectivity index (χ4v) is 3.93. The molecule has 1 aromatic carbocycles. The summed E-state index contributed by atoms with van der Waals surface area (Å²) in [5.74, 6) is 2.43. The van der Waals surface area contributed by atoms with Gasteiger partial charge in [-0.3, -0.25) is 0 Å². The van der Waals surface area contributed by atoms with Crippen LogP contribution in [-0.2, 0) is 5.54 Å². The summed E-state index contributed by atoms with van der Waals surface area (Å²) >= 11 is 0. The van der Waals surface area contributed by atoms with E-state index in [9.17, 15) is 0 Å². The first-order valence-corrected chi connectivity index (χ1v) is 7.28. The van der Waals surface area contributed by atoms with Gasteiger partial charge in [0.2, 0.25) is 0 Å². The molecule has 1 N–H and O–H groups in total. The minimum Gasteiger partial charge on any atom is -0.493 e. The van der Waals surface area contributed by atoms with Gasteiger partial charge >= 0.3 is 0 Å². The highest BCUT2D eigenvalue weighted by atomic mass is 16.5. The van der Waals surface area contributed by atoms with E-state index in [0.29, 0.717) is 0 Å². The van der Waals surface area contributed by atoms with Crippen LogP contribution in [0.1, 0.15) is 37.7 Å². The summed E-state index contributed by atoms with van der Waals surface area (Å²) in [5, 5.41) is 3.78. The van der Waals surface area contributed by atoms with Crippen LogP contribution in [0.4, 0.5) is 0 Å². The van der Waals surface area contributed by atoms with E-state index < -0.39 is 0 Å². The molecular weight excluding hydrogens is 238 g/mol. The predicted octanol–water partition coefficient (Wildman–Crippen LogP) is 3.08. The number of rotatable bonds is 3. The summed E-state index contributed by atoms with van der Waals surface area (Å²) in [6, 6.07) is 6.40. The molecule has 104 valence electrons. The molecule has 3 rings (SSSR count). The molecule has 0 bridgehead atoms. The van der Waals surface area contributed by atoms with E-state index >= 15 is 0 Å². The lowest BCUT2D eigenvalue weighted by molar-refractivity contribution is 0.196. The summed E-state index contributed by atoms with van der Waals surface area (Å²) < 4.78 is 10.8. The molecule has 0 unspecified atom stereocenters. The second-order valence-corrected chi connectivity index (χ2v) is 5.70. The van der Waals surface area contributed by atoms with Crippen molar-refractivity contribution in [3.63, 3.8) is 0 Å². The van der Waals surface area contributed by atoms with Gasteiger partial charge in [0.15, 0.2) is 11.5 Å². The van der Waals surface area contributed by atoms with Crippen LogP contribution >= 0.6 is 0 Å². The van der Waals surface area contributed by atoms with Crippen molar-refractivity contribution in [1.82, 2.24) is 5.32 Å². The zero-order valence-electron chi connectivity index (χ0n) is 11.9. The Kier molecular flexibility index (Phi) is 3.40. The largest absolute Gasteiger partial charge is 0.493 e. The summed E-state index contributed by atoms with van der Waals surface area (Å²) in [4.78, 5) is 0. The second kappa shape index (κ2) is 5.04. The summed E-state index contributed by atoms with van der Waals surface area (Å²) in [6.45, 7) is 1.14. The zero-order valence-corrected chi connectivity index (χ0v) is 11.9. The van der Waals surface area contributed by atoms with Crippen molar-refractivity contribution in [2.75, 3.05) is 20.8 Å². The number of ether oxygens (including phenoxy) is 2. The van der Waals surface area contributed by atoms with Crippen LogP contribution in [0.2, 0.25) is 0 Å². The molecule has 3 heteroatoms. The molecule has 0 aromatic heterocycles. The Morgan fingerprint density at radius 1 is 1.11 bits per heavy atom. The van der Waals surface area contributed by atoms with Crippen molar-refractivity contribution < 1.29 is 9.47 Å². The maximum absolute atomic E-state index is 5.46. The van der Waals surface area contributed by atoms with Crippen molar-refractivity contribution in [3.05, 3.63) is 23.8 Å². The number of methoxy groups -OCH3 is 2. The molecule has 3 nitrogen and oxygen atoms in total. The Balaban J connectivity index is 2.00. The van der Waals surface area contributed by atoms with Gasteiger partial charge in [-0.25, -0.2) is 0 Å². The van der Waals surface area contributed by atoms with E-state index in [2.05, 4.69) is 17.4 Å². The van der Waals surface area contributed by atoms with Gasteiger partial charge in [-0.2, -0.15) is 0 Å². The average Bonchev–Trinajstić information content (AvgIpc) is 2.91. The van der Waals surface area contributed by atoms with Crippen molar-refractivity contribution in [3.8, 4) is 11.5 Å². The summed E-state index contributed by atoms with van der Waals surface area (Å²) in [6.07, 6.45) is 6.59. The van der Waals surface area contributed by atoms with Crippen LogP contribution in [0, 0.1) is 5.92 Å². The Labute approximate surface area is 115 Å². The van der Waals surface area contributed by atoms with E-state index in [0.717, 1.165) is 24.0 Å². The van der Waals surface area contributed by atoms with Crippen LogP contribution in [0.15, 0.2) is 18.2 Å². The fourth-order valence-electron chi connectivity index (χ4n) is 3.93. The highest BCUT2D eigenvalue weighted by molar-refractivity contribution is 5.45. The monoisotopic (exact) mass is 261 g/mol. The summed E-state index contributed by atoms with van der Waals surface area (Å²) in [7, 11) is 3.40. The molecule has 0 amide bonds. The SMILES string of the molecule is COc1ccc([C@]23CCCC[C@H]2CCN3)cc1OC. The van der Waals surface area contributed by atoms with Gasteiger partial charge in [-0.05, 0) is 49.4 Å². The van der Waals surface area contributed by atoms with E-state index in [1.807, 2.05) is 6.07 Å². The topological polar surface area (TPSA) is 30.5 Å². The van der Waals surface area contributed by atoms with Gasteiger partial charge in [0.25, 0.3) is 0 Å². The molecule has 2 fully saturated rings. The zero-order chi connectivity index (χ0) is 13.3. The Morgan fingerprint density at radius 2 is 1.95 bits per heavy atom. The molecule has 1 aliphatic carbocycles. The third-order valence-corrected chi connectivity index (χ3v) is 4.90. The van der Waals surface area contributed by atoms with Crippen molar-refractivity contribution in [1.29, 1.82) is 0 Å². The summed E-state index contributed by atoms with van der Waals surface area (Å²) in [5.41, 5.74) is 1.55. The van der Waals surface area contributed by atoms with Crippen molar-refractivity contribution in [2.45, 2.75) is 37.6 Å². The van der Waals surface area contributed by atoms with E-state index in [1.165, 1.54) is 37.7 Å². The van der Waals surface area contributed by atoms with Crippen molar-refractivity contribution in [2.24, 2.45) is 5.92 Å². The standard InChI is InChI=1S/C16H23NO2/c1-18-14-7-6-13(11-15(14)19-2)16-9-4-3-5-12(16)8-10-17-16/h6-7,11-12,17H,3-5,8-10H2,1-2H3/t12-,16-/m0/s1. The first-order valence-electron chi connectivity index (χ1n) is 7.28. The normalized spacial score (nSPS) is 29.9. The Morgan fingerprint density at radius 3 is 2.74 bits per heavy atom. The maximum Gasteiger partial charge on any atom is 0.161 e. The number of hydrogen-bond donors (Lipinski definition) is 1. The lowest BCUT2D eigenvalue weighted by Crippen LogP contribution is -2.43. The maximum atomic E-state index is 5.46. The first-order chi connectivity index (χ1) is 9.30. The van der Waals surface area contributed by atoms with Gasteiger partial charge in [-0.15, -0.1) is 0 Å². The highest BCUT2D eigenvalue weighted by Gasteiger charge is 2.45. The molecule has 19 heavy (non-hydrogen) atoms. The molecule has 1 saturated carbocycles. The van der Waals surface area contributed by atoms with E-state index in [4.69, 9.17) is 9.47 Å². The minimum atomic E-state index is 0.178. The van der Waals surface area contributed by atoms with Crippen LogP contribution in [0.3, 0.4) is 0 Å². The van der Waals surface area contributed by atoms with E-state index in [1.54, 1.807) is 14.2 Å². The molecule has 2 atom stereocenters. The quantitative estimate of drug-likeness (QED) is 0.907. The van der Waals surface area contributed by atoms with Gasteiger partial charge in [0.1, 0.15) is 0 Å². The molecule has 0 spiro atoms. The van der Waals surface area contributed by atoms with Crippen LogP contribution in [-0.4, -0.2) is 20.8 Å². The van der Waals surface area contributed by atoms with Gasteiger partial charge in [0, 0.05) is 5.54 Å². The third-order valence-electron chi connectivity index (χ3n) is 4.90. The molecule has 1 saturated heterocycles. The number of fused-ring (bicyclic) bond motifs is 1. The van der Waals surface area contributed by atoms with Gasteiger partial charge in [0.05, 0.1) is 14.2 Å². The third kappa shape index (κ3) is 2.00. The molecule has 1 aliphatic heterocycles. The van der Waals surface area contributed by atoms with Gasteiger partial charge in [-0.1, -0.05) is 18.9 Å². The fraction of sp³-hybridized carbons (Fsp3) is 0.625. The Hall–Kier alpha value is -1.22. The lowest BCUT2D eigenvalue weighted by atomic mass is 9.70. The number of benzene rings is 1. The second-order valence-electron chi connectivity index (χ2n) is 5.70. The molecule has 0 radical (unpaired) electrons. The predicted molar refractivity (Wildman–Crippen MR) is 75.8 cm³/mol. The van der Waals surface area contributed by atoms with Crippen LogP contribution < -0.4 is 14.8 Å². The number of hydrogen-bond acceptors (Lipinski definition) is 3. The van der Waals surface area contributed by atoms with Gasteiger partial charge < -0.3 is 14.8 Å². The molecule has 2 aliphatic rings. The Bertz CT molecular complexity index is 460. The average molecular weight is 261 g/mol. The molecular formula is C16H23NO2. The smallest absolute Gasteiger partial charge is 0.161 e. The number of nitrogens with one attached hydrogen (secondary N) is 1.